The first kappa shape index (κ1) is 31.0. The topological polar surface area (TPSA) is 146 Å². The predicted molar refractivity (Wildman–Crippen MR) is 165 cm³/mol. The van der Waals surface area contributed by atoms with Gasteiger partial charge in [0.15, 0.2) is 5.92 Å². The van der Waals surface area contributed by atoms with Gasteiger partial charge in [-0.25, -0.2) is 14.4 Å². The fourth-order valence-electron chi connectivity index (χ4n) is 5.07. The van der Waals surface area contributed by atoms with Gasteiger partial charge in [-0.1, -0.05) is 41.4 Å². The summed E-state index contributed by atoms with van der Waals surface area (Å²) >= 11 is 13.6. The number of aromatic nitrogens is 2. The van der Waals surface area contributed by atoms with Crippen LogP contribution in [-0.4, -0.2) is 83.2 Å². The third kappa shape index (κ3) is 6.28. The van der Waals surface area contributed by atoms with Crippen molar-refractivity contribution >= 4 is 58.9 Å². The number of amides is 5. The van der Waals surface area contributed by atoms with E-state index < -0.39 is 23.8 Å². The second kappa shape index (κ2) is 13.1. The number of nitrogens with zero attached hydrogens (tertiary/aromatic N) is 4. The third-order valence-electron chi connectivity index (χ3n) is 7.44. The number of carbonyl (C=O) groups excluding carboxylic acids is 4. The lowest BCUT2D eigenvalue weighted by Gasteiger charge is -2.19. The summed E-state index contributed by atoms with van der Waals surface area (Å²) in [6.07, 6.45) is 4.19. The molecule has 5 amide bonds. The molecule has 4 heterocycles. The number of hydrogen-bond donors (Lipinski definition) is 3. The van der Waals surface area contributed by atoms with E-state index in [2.05, 4.69) is 25.9 Å². The van der Waals surface area contributed by atoms with Gasteiger partial charge in [0.05, 0.1) is 48.8 Å². The van der Waals surface area contributed by atoms with Gasteiger partial charge in [-0.3, -0.25) is 14.6 Å². The summed E-state index contributed by atoms with van der Waals surface area (Å²) in [5, 5.41) is 9.45. The van der Waals surface area contributed by atoms with E-state index in [9.17, 15) is 19.2 Å². The summed E-state index contributed by atoms with van der Waals surface area (Å²) in [6.45, 7) is 1.13. The molecule has 1 aromatic carbocycles. The number of rotatable bonds is 9. The van der Waals surface area contributed by atoms with Crippen molar-refractivity contribution in [3.8, 4) is 28.4 Å². The zero-order chi connectivity index (χ0) is 31.5. The zero-order valence-electron chi connectivity index (χ0n) is 24.2. The number of ether oxygens (including phenoxy) is 1. The Balaban J connectivity index is 1.37. The van der Waals surface area contributed by atoms with Crippen LogP contribution < -0.4 is 20.7 Å². The Hall–Kier alpha value is -4.39. The lowest BCUT2D eigenvalue weighted by Crippen LogP contribution is -2.51. The molecule has 3 N–H and O–H groups in total. The maximum atomic E-state index is 13.1. The summed E-state index contributed by atoms with van der Waals surface area (Å²) < 4.78 is 6.73. The number of methoxy groups -OCH3 is 1. The molecule has 0 aliphatic carbocycles. The Morgan fingerprint density at radius 1 is 1.14 bits per heavy atom. The van der Waals surface area contributed by atoms with Crippen LogP contribution in [0.4, 0.5) is 10.5 Å². The summed E-state index contributed by atoms with van der Waals surface area (Å²) in [5.74, 6) is -2.02. The van der Waals surface area contributed by atoms with Gasteiger partial charge in [0.1, 0.15) is 5.69 Å². The second-order valence-electron chi connectivity index (χ2n) is 10.4. The van der Waals surface area contributed by atoms with Crippen LogP contribution in [0.3, 0.4) is 0 Å². The molecule has 0 bridgehead atoms. The maximum absolute atomic E-state index is 13.1. The molecule has 2 aliphatic heterocycles. The number of nitrogens with one attached hydrogen (secondary N) is 3. The highest BCUT2D eigenvalue weighted by atomic mass is 35.5. The van der Waals surface area contributed by atoms with Gasteiger partial charge in [-0.05, 0) is 24.6 Å². The Morgan fingerprint density at radius 3 is 2.64 bits per heavy atom. The molecule has 5 rings (SSSR count). The van der Waals surface area contributed by atoms with E-state index in [0.717, 1.165) is 16.9 Å². The van der Waals surface area contributed by atoms with Crippen molar-refractivity contribution in [2.75, 3.05) is 33.1 Å². The highest BCUT2D eigenvalue weighted by Gasteiger charge is 2.43. The Bertz CT molecular complexity index is 1700. The number of halogens is 2. The molecule has 3 aromatic rings. The van der Waals surface area contributed by atoms with Crippen LogP contribution in [0.15, 0.2) is 42.6 Å². The van der Waals surface area contributed by atoms with Crippen LogP contribution in [-0.2, 0) is 20.9 Å². The first-order chi connectivity index (χ1) is 21.1. The van der Waals surface area contributed by atoms with E-state index in [-0.39, 0.29) is 27.7 Å². The van der Waals surface area contributed by atoms with Gasteiger partial charge in [0, 0.05) is 48.4 Å². The molecule has 0 spiro atoms. The monoisotopic (exact) mass is 638 g/mol. The van der Waals surface area contributed by atoms with Crippen LogP contribution in [0.25, 0.3) is 22.5 Å². The number of pyridine rings is 2. The van der Waals surface area contributed by atoms with Crippen LogP contribution in [0.2, 0.25) is 10.0 Å². The highest BCUT2D eigenvalue weighted by molar-refractivity contribution is 6.39. The SMILES string of the molecule is COc1nc(-c2nccc(-c3cccc(NC(=O)C4C=[N+](C)C(=O)N(C)C4=O)c3Cl)c2Cl)ccc1CNC[C@@H]1CCC(=O)N1. The van der Waals surface area contributed by atoms with Crippen molar-refractivity contribution in [2.45, 2.75) is 25.4 Å². The quantitative estimate of drug-likeness (QED) is 0.239. The zero-order valence-corrected chi connectivity index (χ0v) is 25.7. The van der Waals surface area contributed by atoms with Crippen LogP contribution in [0, 0.1) is 5.92 Å². The normalized spacial score (nSPS) is 18.2. The minimum absolute atomic E-state index is 0.0687. The molecule has 228 valence electrons. The van der Waals surface area contributed by atoms with Crippen molar-refractivity contribution in [3.63, 3.8) is 0 Å². The lowest BCUT2D eigenvalue weighted by molar-refractivity contribution is -0.400. The fraction of sp³-hybridized carbons (Fsp3) is 0.300. The highest BCUT2D eigenvalue weighted by Crippen LogP contribution is 2.40. The molecule has 0 radical (unpaired) electrons. The van der Waals surface area contributed by atoms with Gasteiger partial charge in [-0.2, -0.15) is 9.69 Å². The van der Waals surface area contributed by atoms with E-state index in [1.807, 2.05) is 6.07 Å². The van der Waals surface area contributed by atoms with Crippen molar-refractivity contribution in [1.29, 1.82) is 0 Å². The summed E-state index contributed by atoms with van der Waals surface area (Å²) in [6, 6.07) is 9.99. The first-order valence-corrected chi connectivity index (χ1v) is 14.5. The van der Waals surface area contributed by atoms with Gasteiger partial charge >= 0.3 is 11.9 Å². The lowest BCUT2D eigenvalue weighted by atomic mass is 10.0. The fourth-order valence-corrected chi connectivity index (χ4v) is 5.66. The number of imide groups is 1. The first-order valence-electron chi connectivity index (χ1n) is 13.8. The van der Waals surface area contributed by atoms with Gasteiger partial charge in [0.25, 0.3) is 0 Å². The van der Waals surface area contributed by atoms with Crippen LogP contribution >= 0.6 is 23.2 Å². The molecule has 14 heteroatoms. The predicted octanol–water partition coefficient (Wildman–Crippen LogP) is 3.35. The second-order valence-corrected chi connectivity index (χ2v) is 11.1. The van der Waals surface area contributed by atoms with E-state index in [1.165, 1.54) is 32.0 Å². The number of benzene rings is 1. The maximum Gasteiger partial charge on any atom is 0.499 e. The average molecular weight is 640 g/mol. The van der Waals surface area contributed by atoms with E-state index in [0.29, 0.717) is 47.9 Å². The number of urea groups is 1. The molecular formula is C30H30Cl2N7O5+. The summed E-state index contributed by atoms with van der Waals surface area (Å²) in [5.41, 5.74) is 3.05. The Labute approximate surface area is 263 Å². The van der Waals surface area contributed by atoms with E-state index in [4.69, 9.17) is 27.9 Å². The largest absolute Gasteiger partial charge is 0.499 e. The van der Waals surface area contributed by atoms with Crippen molar-refractivity contribution in [3.05, 3.63) is 58.2 Å². The molecule has 12 nitrogen and oxygen atoms in total. The molecule has 0 saturated carbocycles. The number of hydrogen-bond acceptors (Lipinski definition) is 8. The van der Waals surface area contributed by atoms with Crippen molar-refractivity contribution < 1.29 is 28.5 Å². The van der Waals surface area contributed by atoms with Gasteiger partial charge < -0.3 is 20.7 Å². The van der Waals surface area contributed by atoms with Gasteiger partial charge in [0.2, 0.25) is 17.7 Å². The smallest absolute Gasteiger partial charge is 0.481 e. The van der Waals surface area contributed by atoms with Gasteiger partial charge in [-0.15, -0.1) is 0 Å². The molecule has 2 aliphatic rings. The summed E-state index contributed by atoms with van der Waals surface area (Å²) in [4.78, 5) is 59.1. The van der Waals surface area contributed by atoms with E-state index in [1.54, 1.807) is 36.5 Å². The number of anilines is 1. The van der Waals surface area contributed by atoms with E-state index >= 15 is 0 Å². The third-order valence-corrected chi connectivity index (χ3v) is 8.23. The molecule has 44 heavy (non-hydrogen) atoms. The minimum atomic E-state index is -1.21. The average Bonchev–Trinajstić information content (AvgIpc) is 3.44. The molecule has 1 fully saturated rings. The number of carbonyl (C=O) groups is 4. The molecule has 2 aromatic heterocycles. The molecule has 1 unspecified atom stereocenters. The Morgan fingerprint density at radius 2 is 1.91 bits per heavy atom. The van der Waals surface area contributed by atoms with Crippen molar-refractivity contribution in [1.82, 2.24) is 25.5 Å². The Kier molecular flexibility index (Phi) is 9.23. The van der Waals surface area contributed by atoms with Crippen LogP contribution in [0.1, 0.15) is 18.4 Å². The molecule has 2 atom stereocenters. The standard InChI is InChI=1S/C30H29Cl2N7O5/c1-38-15-20(29(42)39(2)30(38)43)27(41)36-21-6-4-5-18(24(21)31)19-11-12-34-26(25(19)32)22-9-7-16(28(37-22)44-3)13-33-14-17-8-10-23(40)35-17/h4-7,9,11-12,15,17,20,33H,8,10,13-14H2,1-3H3,(H-,35,36,40,41)/p+1/t17-,20?/m0/s1. The van der Waals surface area contributed by atoms with Crippen molar-refractivity contribution in [2.24, 2.45) is 5.92 Å². The van der Waals surface area contributed by atoms with Crippen LogP contribution in [0.5, 0.6) is 5.88 Å². The minimum Gasteiger partial charge on any atom is -0.481 e. The molecular weight excluding hydrogens is 609 g/mol. The summed E-state index contributed by atoms with van der Waals surface area (Å²) in [7, 11) is 4.32. The molecule has 1 saturated heterocycles.